The van der Waals surface area contributed by atoms with Gasteiger partial charge < -0.3 is 23.5 Å². The number of Topliss-reactive ketones (excluding diaryl/α,β-unsaturated/α-hetero) is 1. The van der Waals surface area contributed by atoms with Crippen LogP contribution in [0.2, 0.25) is 0 Å². The van der Waals surface area contributed by atoms with Gasteiger partial charge in [-0.15, -0.1) is 0 Å². The second-order valence-corrected chi connectivity index (χ2v) is 6.91. The number of methoxy groups -OCH3 is 3. The number of esters is 1. The monoisotopic (exact) mass is 403 g/mol. The summed E-state index contributed by atoms with van der Waals surface area (Å²) in [7, 11) is 4.72. The first-order valence-electron chi connectivity index (χ1n) is 9.39. The molecule has 7 nitrogen and oxygen atoms in total. The van der Waals surface area contributed by atoms with Crippen LogP contribution in [0.3, 0.4) is 0 Å². The molecular formula is C22H29NO6. The average molecular weight is 403 g/mol. The number of hydrogen-bond donors (Lipinski definition) is 0. The van der Waals surface area contributed by atoms with E-state index in [1.807, 2.05) is 26.8 Å². The predicted molar refractivity (Wildman–Crippen MR) is 109 cm³/mol. The fraction of sp³-hybridized carbons (Fsp3) is 0.455. The van der Waals surface area contributed by atoms with Gasteiger partial charge in [0.2, 0.25) is 5.78 Å². The van der Waals surface area contributed by atoms with Gasteiger partial charge in [0.1, 0.15) is 0 Å². The summed E-state index contributed by atoms with van der Waals surface area (Å²) in [5.41, 5.74) is 3.08. The highest BCUT2D eigenvalue weighted by atomic mass is 16.5. The van der Waals surface area contributed by atoms with E-state index < -0.39 is 5.97 Å². The summed E-state index contributed by atoms with van der Waals surface area (Å²) in [6.07, 6.45) is 0.0392. The zero-order valence-electron chi connectivity index (χ0n) is 17.9. The van der Waals surface area contributed by atoms with Crippen molar-refractivity contribution in [1.82, 2.24) is 4.57 Å². The molecule has 1 aromatic heterocycles. The summed E-state index contributed by atoms with van der Waals surface area (Å²) in [6, 6.07) is 7.13. The molecule has 7 heteroatoms. The van der Waals surface area contributed by atoms with Gasteiger partial charge in [-0.05, 0) is 44.5 Å². The SMILES string of the molecule is COCC(C)n1c(C)cc(C(=O)COC(=O)Cc2ccc(OC)c(OC)c2)c1C. The Morgan fingerprint density at radius 2 is 1.72 bits per heavy atom. The third kappa shape index (κ3) is 5.38. The molecule has 1 aromatic carbocycles. The molecule has 0 aliphatic carbocycles. The lowest BCUT2D eigenvalue weighted by Gasteiger charge is -2.17. The summed E-state index contributed by atoms with van der Waals surface area (Å²) in [5, 5.41) is 0. The fourth-order valence-corrected chi connectivity index (χ4v) is 3.49. The number of aromatic nitrogens is 1. The lowest BCUT2D eigenvalue weighted by atomic mass is 10.1. The van der Waals surface area contributed by atoms with Gasteiger partial charge in [0.25, 0.3) is 0 Å². The maximum Gasteiger partial charge on any atom is 0.310 e. The van der Waals surface area contributed by atoms with E-state index in [4.69, 9.17) is 18.9 Å². The summed E-state index contributed by atoms with van der Waals surface area (Å²) in [5.74, 6) is 0.408. The van der Waals surface area contributed by atoms with E-state index in [1.54, 1.807) is 32.4 Å². The first-order valence-corrected chi connectivity index (χ1v) is 9.39. The van der Waals surface area contributed by atoms with Gasteiger partial charge in [-0.25, -0.2) is 0 Å². The van der Waals surface area contributed by atoms with Crippen molar-refractivity contribution in [1.29, 1.82) is 0 Å². The molecule has 0 aliphatic rings. The van der Waals surface area contributed by atoms with Crippen LogP contribution < -0.4 is 9.47 Å². The quantitative estimate of drug-likeness (QED) is 0.448. The molecule has 0 fully saturated rings. The fourth-order valence-electron chi connectivity index (χ4n) is 3.49. The van der Waals surface area contributed by atoms with Crippen LogP contribution in [-0.2, 0) is 20.7 Å². The van der Waals surface area contributed by atoms with Gasteiger partial charge in [0, 0.05) is 24.1 Å². The van der Waals surface area contributed by atoms with Crippen LogP contribution in [0.5, 0.6) is 11.5 Å². The van der Waals surface area contributed by atoms with E-state index in [-0.39, 0.29) is 24.9 Å². The molecule has 0 saturated heterocycles. The van der Waals surface area contributed by atoms with Crippen molar-refractivity contribution >= 4 is 11.8 Å². The van der Waals surface area contributed by atoms with E-state index in [2.05, 4.69) is 4.57 Å². The number of carbonyl (C=O) groups is 2. The highest BCUT2D eigenvalue weighted by Gasteiger charge is 2.20. The molecule has 2 rings (SSSR count). The van der Waals surface area contributed by atoms with E-state index in [0.717, 1.165) is 11.4 Å². The zero-order valence-corrected chi connectivity index (χ0v) is 17.9. The predicted octanol–water partition coefficient (Wildman–Crippen LogP) is 3.30. The summed E-state index contributed by atoms with van der Waals surface area (Å²) >= 11 is 0. The number of ketones is 1. The molecule has 0 N–H and O–H groups in total. The molecule has 1 unspecified atom stereocenters. The number of benzene rings is 1. The van der Waals surface area contributed by atoms with Crippen LogP contribution >= 0.6 is 0 Å². The Balaban J connectivity index is 2.00. The van der Waals surface area contributed by atoms with E-state index >= 15 is 0 Å². The molecule has 0 bridgehead atoms. The van der Waals surface area contributed by atoms with Crippen molar-refractivity contribution in [3.63, 3.8) is 0 Å². The van der Waals surface area contributed by atoms with E-state index in [0.29, 0.717) is 29.2 Å². The Hall–Kier alpha value is -2.80. The molecular weight excluding hydrogens is 374 g/mol. The Bertz CT molecular complexity index is 870. The minimum absolute atomic E-state index is 0.0392. The van der Waals surface area contributed by atoms with Crippen LogP contribution in [0, 0.1) is 13.8 Å². The molecule has 0 aliphatic heterocycles. The lowest BCUT2D eigenvalue weighted by Crippen LogP contribution is -2.17. The molecule has 1 atom stereocenters. The first-order chi connectivity index (χ1) is 13.8. The van der Waals surface area contributed by atoms with Crippen molar-refractivity contribution < 1.29 is 28.5 Å². The van der Waals surface area contributed by atoms with Gasteiger partial charge in [-0.3, -0.25) is 9.59 Å². The van der Waals surface area contributed by atoms with Crippen LogP contribution in [-0.4, -0.2) is 50.9 Å². The topological polar surface area (TPSA) is 76.0 Å². The van der Waals surface area contributed by atoms with Crippen molar-refractivity contribution in [2.45, 2.75) is 33.2 Å². The first kappa shape index (κ1) is 22.5. The summed E-state index contributed by atoms with van der Waals surface area (Å²) < 4.78 is 22.9. The zero-order chi connectivity index (χ0) is 21.6. The van der Waals surface area contributed by atoms with Gasteiger partial charge >= 0.3 is 5.97 Å². The molecule has 2 aromatic rings. The van der Waals surface area contributed by atoms with E-state index in [1.165, 1.54) is 7.11 Å². The smallest absolute Gasteiger partial charge is 0.310 e. The maximum atomic E-state index is 12.6. The molecule has 29 heavy (non-hydrogen) atoms. The molecule has 0 saturated carbocycles. The summed E-state index contributed by atoms with van der Waals surface area (Å²) in [6.45, 7) is 6.11. The standard InChI is InChI=1S/C22H29NO6/c1-14-9-18(16(3)23(14)15(2)12-26-4)19(24)13-29-22(25)11-17-7-8-20(27-5)21(10-17)28-6/h7-10,15H,11-13H2,1-6H3. The van der Waals surface area contributed by atoms with Crippen LogP contribution in [0.15, 0.2) is 24.3 Å². The maximum absolute atomic E-state index is 12.6. The number of hydrogen-bond acceptors (Lipinski definition) is 6. The van der Waals surface area contributed by atoms with Gasteiger partial charge in [0.05, 0.1) is 33.3 Å². The Morgan fingerprint density at radius 1 is 1.03 bits per heavy atom. The van der Waals surface area contributed by atoms with Crippen molar-refractivity contribution in [3.8, 4) is 11.5 Å². The number of aryl methyl sites for hydroxylation is 1. The molecule has 0 amide bonds. The van der Waals surface area contributed by atoms with Crippen molar-refractivity contribution in [3.05, 3.63) is 46.8 Å². The van der Waals surface area contributed by atoms with Crippen LogP contribution in [0.4, 0.5) is 0 Å². The van der Waals surface area contributed by atoms with Gasteiger partial charge in [-0.2, -0.15) is 0 Å². The number of rotatable bonds is 10. The largest absolute Gasteiger partial charge is 0.493 e. The van der Waals surface area contributed by atoms with Crippen molar-refractivity contribution in [2.75, 3.05) is 34.5 Å². The average Bonchev–Trinajstić information content (AvgIpc) is 3.00. The molecule has 158 valence electrons. The normalized spacial score (nSPS) is 11.8. The van der Waals surface area contributed by atoms with E-state index in [9.17, 15) is 9.59 Å². The minimum atomic E-state index is -0.480. The van der Waals surface area contributed by atoms with Crippen LogP contribution in [0.1, 0.15) is 40.3 Å². The highest BCUT2D eigenvalue weighted by Crippen LogP contribution is 2.28. The Morgan fingerprint density at radius 3 is 2.34 bits per heavy atom. The summed E-state index contributed by atoms with van der Waals surface area (Å²) in [4.78, 5) is 24.8. The number of ether oxygens (including phenoxy) is 4. The Kier molecular flexibility index (Phi) is 7.84. The number of nitrogens with zero attached hydrogens (tertiary/aromatic N) is 1. The molecule has 1 heterocycles. The highest BCUT2D eigenvalue weighted by molar-refractivity contribution is 5.99. The number of carbonyl (C=O) groups excluding carboxylic acids is 2. The minimum Gasteiger partial charge on any atom is -0.493 e. The third-order valence-corrected chi connectivity index (χ3v) is 4.79. The Labute approximate surface area is 171 Å². The van der Waals surface area contributed by atoms with Crippen LogP contribution in [0.25, 0.3) is 0 Å². The molecule has 0 radical (unpaired) electrons. The molecule has 0 spiro atoms. The second-order valence-electron chi connectivity index (χ2n) is 6.91. The lowest BCUT2D eigenvalue weighted by molar-refractivity contribution is -0.141. The van der Waals surface area contributed by atoms with Gasteiger partial charge in [0.15, 0.2) is 18.1 Å². The second kappa shape index (κ2) is 10.1. The van der Waals surface area contributed by atoms with Crippen molar-refractivity contribution in [2.24, 2.45) is 0 Å². The third-order valence-electron chi connectivity index (χ3n) is 4.79. The van der Waals surface area contributed by atoms with Gasteiger partial charge in [-0.1, -0.05) is 6.07 Å².